The molecule has 1 aliphatic rings. The molecule has 0 saturated heterocycles. The van der Waals surface area contributed by atoms with E-state index in [2.05, 4.69) is 19.4 Å². The van der Waals surface area contributed by atoms with Crippen LogP contribution in [0.4, 0.5) is 0 Å². The number of hydrogen-bond acceptors (Lipinski definition) is 4. The van der Waals surface area contributed by atoms with Crippen molar-refractivity contribution in [1.29, 1.82) is 0 Å². The van der Waals surface area contributed by atoms with Gasteiger partial charge in [-0.2, -0.15) is 5.10 Å². The monoisotopic (exact) mass is 295 g/mol. The van der Waals surface area contributed by atoms with Crippen molar-refractivity contribution >= 4 is 10.0 Å². The largest absolute Gasteiger partial charge is 0.335 e. The van der Waals surface area contributed by atoms with Gasteiger partial charge in [0.2, 0.25) is 10.0 Å². The molecule has 108 valence electrons. The number of aromatic nitrogens is 4. The number of fused-ring (bicyclic) bond motifs is 1. The fourth-order valence-corrected chi connectivity index (χ4v) is 3.54. The van der Waals surface area contributed by atoms with Gasteiger partial charge in [0.05, 0.1) is 6.20 Å². The smallest absolute Gasteiger partial charge is 0.243 e. The molecule has 0 aliphatic carbocycles. The van der Waals surface area contributed by atoms with E-state index in [0.29, 0.717) is 6.54 Å². The molecular formula is C12H17N5O2S. The minimum absolute atomic E-state index is 0.206. The zero-order valence-electron chi connectivity index (χ0n) is 11.2. The van der Waals surface area contributed by atoms with Gasteiger partial charge in [-0.1, -0.05) is 0 Å². The summed E-state index contributed by atoms with van der Waals surface area (Å²) < 4.78 is 30.5. The van der Waals surface area contributed by atoms with Crippen LogP contribution in [0.2, 0.25) is 0 Å². The third-order valence-corrected chi connectivity index (χ3v) is 4.98. The van der Waals surface area contributed by atoms with Crippen LogP contribution in [0.15, 0.2) is 29.7 Å². The third kappa shape index (κ3) is 2.61. The van der Waals surface area contributed by atoms with Crippen LogP contribution in [-0.4, -0.2) is 34.3 Å². The molecule has 2 aromatic heterocycles. The van der Waals surface area contributed by atoms with E-state index in [1.165, 1.54) is 17.1 Å². The number of aryl methyl sites for hydroxylation is 2. The van der Waals surface area contributed by atoms with Gasteiger partial charge in [-0.05, 0) is 12.3 Å². The minimum Gasteiger partial charge on any atom is -0.335 e. The maximum absolute atomic E-state index is 12.1. The van der Waals surface area contributed by atoms with Gasteiger partial charge in [0.15, 0.2) is 0 Å². The first-order chi connectivity index (χ1) is 9.54. The molecule has 20 heavy (non-hydrogen) atoms. The highest BCUT2D eigenvalue weighted by Crippen LogP contribution is 2.19. The van der Waals surface area contributed by atoms with Crippen molar-refractivity contribution in [2.24, 2.45) is 13.0 Å². The summed E-state index contributed by atoms with van der Waals surface area (Å²) in [6.45, 7) is 1.33. The van der Waals surface area contributed by atoms with Gasteiger partial charge in [-0.3, -0.25) is 4.68 Å². The van der Waals surface area contributed by atoms with Crippen molar-refractivity contribution in [3.63, 3.8) is 0 Å². The van der Waals surface area contributed by atoms with Crippen molar-refractivity contribution in [2.45, 2.75) is 24.3 Å². The van der Waals surface area contributed by atoms with Crippen LogP contribution in [0.3, 0.4) is 0 Å². The molecule has 2 aromatic rings. The second kappa shape index (κ2) is 5.02. The Morgan fingerprint density at radius 3 is 3.10 bits per heavy atom. The van der Waals surface area contributed by atoms with E-state index in [0.717, 1.165) is 25.2 Å². The van der Waals surface area contributed by atoms with Gasteiger partial charge >= 0.3 is 0 Å². The van der Waals surface area contributed by atoms with E-state index < -0.39 is 10.0 Å². The van der Waals surface area contributed by atoms with Gasteiger partial charge < -0.3 is 4.57 Å². The summed E-state index contributed by atoms with van der Waals surface area (Å²) in [6, 6.07) is 0. The van der Waals surface area contributed by atoms with E-state index >= 15 is 0 Å². The van der Waals surface area contributed by atoms with E-state index in [-0.39, 0.29) is 10.8 Å². The van der Waals surface area contributed by atoms with E-state index in [1.54, 1.807) is 13.2 Å². The molecule has 1 atom stereocenters. The van der Waals surface area contributed by atoms with Crippen LogP contribution in [0, 0.1) is 5.92 Å². The van der Waals surface area contributed by atoms with Crippen LogP contribution < -0.4 is 4.72 Å². The molecule has 3 rings (SSSR count). The Labute approximate surface area is 117 Å². The zero-order valence-corrected chi connectivity index (χ0v) is 12.0. The lowest BCUT2D eigenvalue weighted by Crippen LogP contribution is -2.33. The standard InChI is InChI=1S/C12H17N5O2S/c1-16-9-11(8-14-16)20(18,19)15-7-10-2-4-17-5-3-13-12(17)6-10/h3,5,8-10,15H,2,4,6-7H2,1H3/t10-/m0/s1. The van der Waals surface area contributed by atoms with Crippen molar-refractivity contribution in [3.8, 4) is 0 Å². The average molecular weight is 295 g/mol. The van der Waals surface area contributed by atoms with Crippen LogP contribution in [0.5, 0.6) is 0 Å². The average Bonchev–Trinajstić information content (AvgIpc) is 3.04. The van der Waals surface area contributed by atoms with Gasteiger partial charge in [-0.25, -0.2) is 18.1 Å². The predicted octanol–water partition coefficient (Wildman–Crippen LogP) is 0.157. The molecule has 1 aliphatic heterocycles. The molecule has 0 amide bonds. The van der Waals surface area contributed by atoms with Crippen LogP contribution in [-0.2, 0) is 30.0 Å². The number of imidazole rings is 1. The van der Waals surface area contributed by atoms with Gasteiger partial charge in [0, 0.05) is 45.1 Å². The molecule has 0 unspecified atom stereocenters. The Morgan fingerprint density at radius 1 is 1.50 bits per heavy atom. The van der Waals surface area contributed by atoms with Crippen LogP contribution in [0.1, 0.15) is 12.2 Å². The van der Waals surface area contributed by atoms with Crippen molar-refractivity contribution < 1.29 is 8.42 Å². The van der Waals surface area contributed by atoms with Crippen molar-refractivity contribution in [2.75, 3.05) is 6.54 Å². The molecule has 0 fully saturated rings. The predicted molar refractivity (Wildman–Crippen MR) is 72.4 cm³/mol. The summed E-state index contributed by atoms with van der Waals surface area (Å²) in [5.41, 5.74) is 0. The first-order valence-electron chi connectivity index (χ1n) is 6.53. The zero-order chi connectivity index (χ0) is 14.2. The topological polar surface area (TPSA) is 81.8 Å². The summed E-state index contributed by atoms with van der Waals surface area (Å²) >= 11 is 0. The maximum atomic E-state index is 12.1. The molecule has 8 heteroatoms. The molecule has 0 bridgehead atoms. The summed E-state index contributed by atoms with van der Waals surface area (Å²) in [5, 5.41) is 3.88. The Balaban J connectivity index is 1.63. The second-order valence-electron chi connectivity index (χ2n) is 5.10. The molecule has 1 N–H and O–H groups in total. The number of hydrogen-bond donors (Lipinski definition) is 1. The lowest BCUT2D eigenvalue weighted by Gasteiger charge is -2.23. The Morgan fingerprint density at radius 2 is 2.35 bits per heavy atom. The molecule has 0 saturated carbocycles. The highest BCUT2D eigenvalue weighted by Gasteiger charge is 2.22. The summed E-state index contributed by atoms with van der Waals surface area (Å²) in [6.07, 6.45) is 8.37. The van der Waals surface area contributed by atoms with Crippen molar-refractivity contribution in [3.05, 3.63) is 30.6 Å². The first-order valence-corrected chi connectivity index (χ1v) is 8.01. The first kappa shape index (κ1) is 13.3. The summed E-state index contributed by atoms with van der Waals surface area (Å²) in [5.74, 6) is 1.32. The molecular weight excluding hydrogens is 278 g/mol. The molecule has 3 heterocycles. The highest BCUT2D eigenvalue weighted by molar-refractivity contribution is 7.89. The Kier molecular flexibility index (Phi) is 3.35. The molecule has 0 radical (unpaired) electrons. The Hall–Kier alpha value is -1.67. The third-order valence-electron chi connectivity index (χ3n) is 3.60. The fourth-order valence-electron chi connectivity index (χ4n) is 2.44. The van der Waals surface area contributed by atoms with Crippen LogP contribution in [0.25, 0.3) is 0 Å². The molecule has 0 spiro atoms. The minimum atomic E-state index is -3.46. The second-order valence-corrected chi connectivity index (χ2v) is 6.86. The number of nitrogens with zero attached hydrogens (tertiary/aromatic N) is 4. The Bertz CT molecular complexity index is 703. The fraction of sp³-hybridized carbons (Fsp3) is 0.500. The van der Waals surface area contributed by atoms with Gasteiger partial charge in [0.1, 0.15) is 10.7 Å². The normalized spacial score (nSPS) is 18.9. The number of rotatable bonds is 4. The quantitative estimate of drug-likeness (QED) is 0.871. The summed E-state index contributed by atoms with van der Waals surface area (Å²) in [7, 11) is -1.77. The lowest BCUT2D eigenvalue weighted by molar-refractivity contribution is 0.379. The van der Waals surface area contributed by atoms with Crippen molar-refractivity contribution in [1.82, 2.24) is 24.1 Å². The highest BCUT2D eigenvalue weighted by atomic mass is 32.2. The number of nitrogens with one attached hydrogen (secondary N) is 1. The van der Waals surface area contributed by atoms with Crippen LogP contribution >= 0.6 is 0 Å². The maximum Gasteiger partial charge on any atom is 0.243 e. The molecule has 7 nitrogen and oxygen atoms in total. The summed E-state index contributed by atoms with van der Waals surface area (Å²) in [4.78, 5) is 4.49. The van der Waals surface area contributed by atoms with E-state index in [4.69, 9.17) is 0 Å². The van der Waals surface area contributed by atoms with E-state index in [1.807, 2.05) is 6.20 Å². The lowest BCUT2D eigenvalue weighted by atomic mass is 9.98. The SMILES string of the molecule is Cn1cc(S(=O)(=O)NC[C@H]2CCn3ccnc3C2)cn1. The van der Waals surface area contributed by atoms with Gasteiger partial charge in [0.25, 0.3) is 0 Å². The van der Waals surface area contributed by atoms with E-state index in [9.17, 15) is 8.42 Å². The molecule has 0 aromatic carbocycles. The van der Waals surface area contributed by atoms with Gasteiger partial charge in [-0.15, -0.1) is 0 Å². The number of sulfonamides is 1.